The van der Waals surface area contributed by atoms with Crippen molar-refractivity contribution in [3.63, 3.8) is 0 Å². The van der Waals surface area contributed by atoms with Gasteiger partial charge in [-0.2, -0.15) is 5.26 Å². The van der Waals surface area contributed by atoms with Gasteiger partial charge in [0.15, 0.2) is 0 Å². The van der Waals surface area contributed by atoms with Crippen molar-refractivity contribution in [3.8, 4) is 6.07 Å². The van der Waals surface area contributed by atoms with Crippen LogP contribution in [0.25, 0.3) is 0 Å². The smallest absolute Gasteiger partial charge is 0.0991 e. The molecule has 2 heterocycles. The summed E-state index contributed by atoms with van der Waals surface area (Å²) in [6.07, 6.45) is 4.71. The van der Waals surface area contributed by atoms with E-state index in [1.54, 1.807) is 0 Å². The third kappa shape index (κ3) is 3.80. The summed E-state index contributed by atoms with van der Waals surface area (Å²) in [5.41, 5.74) is 2.77. The molecule has 0 aliphatic carbocycles. The van der Waals surface area contributed by atoms with Crippen molar-refractivity contribution in [2.24, 2.45) is 5.41 Å². The van der Waals surface area contributed by atoms with E-state index < -0.39 is 0 Å². The van der Waals surface area contributed by atoms with Gasteiger partial charge in [0, 0.05) is 24.8 Å². The molecule has 0 saturated carbocycles. The number of nitrogens with zero attached hydrogens (tertiary/aromatic N) is 3. The molecule has 1 N–H and O–H groups in total. The zero-order valence-electron chi connectivity index (χ0n) is 15.7. The number of aryl methyl sites for hydroxylation is 1. The number of aliphatic hydroxyl groups is 1. The van der Waals surface area contributed by atoms with Gasteiger partial charge in [0.25, 0.3) is 0 Å². The Morgan fingerprint density at radius 3 is 2.62 bits per heavy atom. The standard InChI is InChI=1S/C22H27N3O/c1-21(2,20-5-3-4-13-24-20)25-14-12-22(16-25,17-26)11-10-18-6-8-19(15-23)9-7-18/h3-9,13,26H,10-12,14,16-17H2,1-2H3/t22-/m1/s1. The predicted octanol–water partition coefficient (Wildman–Crippen LogP) is 3.51. The topological polar surface area (TPSA) is 60.1 Å². The minimum atomic E-state index is -0.146. The van der Waals surface area contributed by atoms with Crippen LogP contribution in [0.1, 0.15) is 43.5 Å². The number of aromatic nitrogens is 1. The maximum Gasteiger partial charge on any atom is 0.0991 e. The third-order valence-electron chi connectivity index (χ3n) is 5.88. The number of hydrogen-bond acceptors (Lipinski definition) is 4. The molecule has 1 aliphatic heterocycles. The molecule has 1 aromatic carbocycles. The van der Waals surface area contributed by atoms with E-state index in [0.717, 1.165) is 38.0 Å². The highest BCUT2D eigenvalue weighted by Gasteiger charge is 2.43. The molecular formula is C22H27N3O. The van der Waals surface area contributed by atoms with Gasteiger partial charge in [0.2, 0.25) is 0 Å². The highest BCUT2D eigenvalue weighted by atomic mass is 16.3. The Labute approximate surface area is 156 Å². The van der Waals surface area contributed by atoms with Gasteiger partial charge in [0.1, 0.15) is 0 Å². The summed E-state index contributed by atoms with van der Waals surface area (Å²) in [6.45, 7) is 6.48. The van der Waals surface area contributed by atoms with E-state index in [-0.39, 0.29) is 17.6 Å². The molecule has 136 valence electrons. The molecule has 0 spiro atoms. The second-order valence-corrected chi connectivity index (χ2v) is 7.91. The van der Waals surface area contributed by atoms with E-state index in [0.29, 0.717) is 5.56 Å². The van der Waals surface area contributed by atoms with Gasteiger partial charge < -0.3 is 5.11 Å². The fourth-order valence-corrected chi connectivity index (χ4v) is 3.87. The van der Waals surface area contributed by atoms with Gasteiger partial charge in [-0.05, 0) is 69.5 Å². The first-order chi connectivity index (χ1) is 12.5. The van der Waals surface area contributed by atoms with E-state index in [2.05, 4.69) is 35.9 Å². The summed E-state index contributed by atoms with van der Waals surface area (Å²) < 4.78 is 0. The zero-order valence-corrected chi connectivity index (χ0v) is 15.7. The lowest BCUT2D eigenvalue weighted by Gasteiger charge is -2.37. The average molecular weight is 349 g/mol. The molecule has 1 atom stereocenters. The fraction of sp³-hybridized carbons (Fsp3) is 0.455. The first kappa shape index (κ1) is 18.6. The maximum atomic E-state index is 10.1. The second-order valence-electron chi connectivity index (χ2n) is 7.91. The molecule has 0 bridgehead atoms. The molecule has 4 heteroatoms. The first-order valence-corrected chi connectivity index (χ1v) is 9.26. The van der Waals surface area contributed by atoms with Crippen LogP contribution in [0.4, 0.5) is 0 Å². The number of likely N-dealkylation sites (tertiary alicyclic amines) is 1. The number of hydrogen-bond donors (Lipinski definition) is 1. The Balaban J connectivity index is 1.68. The molecule has 0 unspecified atom stereocenters. The second kappa shape index (κ2) is 7.57. The largest absolute Gasteiger partial charge is 0.396 e. The number of pyridine rings is 1. The molecule has 0 radical (unpaired) electrons. The zero-order chi connectivity index (χ0) is 18.6. The van der Waals surface area contributed by atoms with E-state index in [9.17, 15) is 5.11 Å². The first-order valence-electron chi connectivity index (χ1n) is 9.26. The monoisotopic (exact) mass is 349 g/mol. The van der Waals surface area contributed by atoms with Crippen LogP contribution in [-0.2, 0) is 12.0 Å². The van der Waals surface area contributed by atoms with Gasteiger partial charge in [-0.1, -0.05) is 18.2 Å². The van der Waals surface area contributed by atoms with Crippen molar-refractivity contribution in [1.82, 2.24) is 9.88 Å². The highest BCUT2D eigenvalue weighted by Crippen LogP contribution is 2.40. The molecule has 2 aromatic rings. The molecule has 1 saturated heterocycles. The highest BCUT2D eigenvalue weighted by molar-refractivity contribution is 5.31. The SMILES string of the molecule is CC(C)(c1ccccn1)N1CC[C@](CO)(CCc2ccc(C#N)cc2)C1. The van der Waals surface area contributed by atoms with Gasteiger partial charge in [-0.3, -0.25) is 9.88 Å². The maximum absolute atomic E-state index is 10.1. The minimum absolute atomic E-state index is 0.0695. The summed E-state index contributed by atoms with van der Waals surface area (Å²) >= 11 is 0. The molecule has 3 rings (SSSR count). The van der Waals surface area contributed by atoms with Crippen LogP contribution in [-0.4, -0.2) is 34.7 Å². The van der Waals surface area contributed by atoms with Crippen molar-refractivity contribution >= 4 is 0 Å². The third-order valence-corrected chi connectivity index (χ3v) is 5.88. The minimum Gasteiger partial charge on any atom is -0.396 e. The van der Waals surface area contributed by atoms with Crippen LogP contribution in [0.15, 0.2) is 48.7 Å². The van der Waals surface area contributed by atoms with Crippen LogP contribution in [0.5, 0.6) is 0 Å². The van der Waals surface area contributed by atoms with Gasteiger partial charge in [0.05, 0.1) is 22.9 Å². The average Bonchev–Trinajstić information content (AvgIpc) is 3.13. The summed E-state index contributed by atoms with van der Waals surface area (Å²) in [6, 6.07) is 16.0. The van der Waals surface area contributed by atoms with E-state index >= 15 is 0 Å². The lowest BCUT2D eigenvalue weighted by Crippen LogP contribution is -2.42. The Morgan fingerprint density at radius 1 is 1.23 bits per heavy atom. The predicted molar refractivity (Wildman–Crippen MR) is 102 cm³/mol. The van der Waals surface area contributed by atoms with Crippen LogP contribution < -0.4 is 0 Å². The van der Waals surface area contributed by atoms with Crippen molar-refractivity contribution in [2.75, 3.05) is 19.7 Å². The van der Waals surface area contributed by atoms with E-state index in [4.69, 9.17) is 5.26 Å². The number of benzene rings is 1. The summed E-state index contributed by atoms with van der Waals surface area (Å²) in [4.78, 5) is 7.00. The lowest BCUT2D eigenvalue weighted by molar-refractivity contribution is 0.0854. The molecule has 1 aliphatic rings. The summed E-state index contributed by atoms with van der Waals surface area (Å²) in [5.74, 6) is 0. The van der Waals surface area contributed by atoms with Crippen molar-refractivity contribution in [3.05, 3.63) is 65.5 Å². The van der Waals surface area contributed by atoms with Crippen molar-refractivity contribution in [2.45, 2.75) is 38.6 Å². The summed E-state index contributed by atoms with van der Waals surface area (Å²) in [7, 11) is 0. The van der Waals surface area contributed by atoms with Gasteiger partial charge in [-0.25, -0.2) is 0 Å². The number of aliphatic hydroxyl groups excluding tert-OH is 1. The van der Waals surface area contributed by atoms with Crippen molar-refractivity contribution in [1.29, 1.82) is 5.26 Å². The van der Waals surface area contributed by atoms with Gasteiger partial charge in [-0.15, -0.1) is 0 Å². The van der Waals surface area contributed by atoms with Crippen molar-refractivity contribution < 1.29 is 5.11 Å². The van der Waals surface area contributed by atoms with Crippen LogP contribution in [0.2, 0.25) is 0 Å². The van der Waals surface area contributed by atoms with Crippen LogP contribution in [0, 0.1) is 16.7 Å². The quantitative estimate of drug-likeness (QED) is 0.867. The van der Waals surface area contributed by atoms with E-state index in [1.807, 2.05) is 42.6 Å². The van der Waals surface area contributed by atoms with Crippen LogP contribution >= 0.6 is 0 Å². The molecule has 0 amide bonds. The Morgan fingerprint density at radius 2 is 2.00 bits per heavy atom. The summed E-state index contributed by atoms with van der Waals surface area (Å²) in [5, 5.41) is 19.1. The van der Waals surface area contributed by atoms with E-state index in [1.165, 1.54) is 5.56 Å². The molecule has 4 nitrogen and oxygen atoms in total. The molecule has 26 heavy (non-hydrogen) atoms. The lowest BCUT2D eigenvalue weighted by atomic mass is 9.82. The normalized spacial score (nSPS) is 20.8. The number of nitriles is 1. The Hall–Kier alpha value is -2.22. The fourth-order valence-electron chi connectivity index (χ4n) is 3.87. The Kier molecular flexibility index (Phi) is 5.41. The van der Waals surface area contributed by atoms with Crippen LogP contribution in [0.3, 0.4) is 0 Å². The number of rotatable bonds is 6. The van der Waals surface area contributed by atoms with Gasteiger partial charge >= 0.3 is 0 Å². The Bertz CT molecular complexity index is 764. The molecule has 1 fully saturated rings. The molecule has 1 aromatic heterocycles. The molecular weight excluding hydrogens is 322 g/mol.